The lowest BCUT2D eigenvalue weighted by atomic mass is 10.2. The molecule has 0 unspecified atom stereocenters. The van der Waals surface area contributed by atoms with Crippen LogP contribution in [-0.2, 0) is 11.3 Å². The third kappa shape index (κ3) is 4.31. The monoisotopic (exact) mass is 400 g/mol. The number of non-ortho nitro benzene ring substituents is 1. The summed E-state index contributed by atoms with van der Waals surface area (Å²) in [6.45, 7) is 0.512. The van der Waals surface area contributed by atoms with E-state index in [9.17, 15) is 20.2 Å². The zero-order chi connectivity index (χ0) is 20.1. The van der Waals surface area contributed by atoms with Gasteiger partial charge in [0.1, 0.15) is 11.6 Å². The molecule has 0 saturated carbocycles. The van der Waals surface area contributed by atoms with Gasteiger partial charge in [0.05, 0.1) is 15.6 Å². The van der Waals surface area contributed by atoms with E-state index in [1.165, 1.54) is 18.3 Å². The number of nitrogens with one attached hydrogen (secondary N) is 2. The van der Waals surface area contributed by atoms with E-state index < -0.39 is 10.8 Å². The van der Waals surface area contributed by atoms with Crippen LogP contribution in [0.1, 0.15) is 5.56 Å². The van der Waals surface area contributed by atoms with Crippen molar-refractivity contribution >= 4 is 28.9 Å². The number of nitro groups is 1. The van der Waals surface area contributed by atoms with E-state index in [2.05, 4.69) is 10.6 Å². The van der Waals surface area contributed by atoms with Gasteiger partial charge in [0.25, 0.3) is 11.6 Å². The number of hydrogen-bond donors (Lipinski definition) is 2. The summed E-state index contributed by atoms with van der Waals surface area (Å²) >= 11 is 5.95. The number of hydrogen-bond acceptors (Lipinski definition) is 7. The first kappa shape index (κ1) is 19.0. The molecule has 0 atom stereocenters. The van der Waals surface area contributed by atoms with Gasteiger partial charge in [-0.15, -0.1) is 0 Å². The van der Waals surface area contributed by atoms with E-state index in [0.29, 0.717) is 18.0 Å². The molecule has 1 heterocycles. The van der Waals surface area contributed by atoms with Gasteiger partial charge < -0.3 is 20.1 Å². The van der Waals surface area contributed by atoms with Crippen molar-refractivity contribution in [2.24, 2.45) is 0 Å². The molecular weight excluding hydrogens is 388 g/mol. The van der Waals surface area contributed by atoms with Gasteiger partial charge in [-0.25, -0.2) is 0 Å². The fourth-order valence-electron chi connectivity index (χ4n) is 2.38. The molecule has 1 aliphatic heterocycles. The highest BCUT2D eigenvalue weighted by molar-refractivity contribution is 6.34. The highest BCUT2D eigenvalue weighted by Gasteiger charge is 2.15. The molecule has 0 aliphatic carbocycles. The summed E-state index contributed by atoms with van der Waals surface area (Å²) < 4.78 is 10.5. The van der Waals surface area contributed by atoms with Crippen LogP contribution >= 0.6 is 11.6 Å². The summed E-state index contributed by atoms with van der Waals surface area (Å²) in [5, 5.41) is 25.4. The standard InChI is InChI=1S/C18H13ClN4O5/c19-14-3-2-13(23(25)26)6-15(14)22-18(24)12(7-20)9-21-8-11-1-4-16-17(5-11)28-10-27-16/h1-6,9,21H,8,10H2,(H,22,24)/b12-9-. The Balaban J connectivity index is 1.66. The van der Waals surface area contributed by atoms with Gasteiger partial charge in [-0.1, -0.05) is 17.7 Å². The van der Waals surface area contributed by atoms with Crippen LogP contribution in [0.2, 0.25) is 5.02 Å². The third-order valence-electron chi connectivity index (χ3n) is 3.76. The molecule has 0 saturated heterocycles. The van der Waals surface area contributed by atoms with Gasteiger partial charge >= 0.3 is 0 Å². The Morgan fingerprint density at radius 2 is 2.07 bits per heavy atom. The van der Waals surface area contributed by atoms with Crippen LogP contribution in [0.15, 0.2) is 48.2 Å². The predicted octanol–water partition coefficient (Wildman–Crippen LogP) is 3.11. The van der Waals surface area contributed by atoms with Gasteiger partial charge in [-0.3, -0.25) is 14.9 Å². The topological polar surface area (TPSA) is 127 Å². The molecule has 10 heteroatoms. The van der Waals surface area contributed by atoms with Crippen LogP contribution in [-0.4, -0.2) is 17.6 Å². The smallest absolute Gasteiger partial charge is 0.271 e. The maximum atomic E-state index is 12.3. The van der Waals surface area contributed by atoms with Crippen molar-refractivity contribution in [3.05, 3.63) is 68.9 Å². The van der Waals surface area contributed by atoms with Crippen molar-refractivity contribution in [1.82, 2.24) is 5.32 Å². The molecule has 28 heavy (non-hydrogen) atoms. The number of amides is 1. The Morgan fingerprint density at radius 3 is 2.82 bits per heavy atom. The molecule has 2 N–H and O–H groups in total. The van der Waals surface area contributed by atoms with E-state index in [4.69, 9.17) is 21.1 Å². The second-order valence-corrected chi connectivity index (χ2v) is 6.02. The fraction of sp³-hybridized carbons (Fsp3) is 0.111. The third-order valence-corrected chi connectivity index (χ3v) is 4.09. The van der Waals surface area contributed by atoms with Crippen molar-refractivity contribution in [3.8, 4) is 17.6 Å². The second-order valence-electron chi connectivity index (χ2n) is 5.61. The van der Waals surface area contributed by atoms with Crippen LogP contribution in [0.3, 0.4) is 0 Å². The maximum Gasteiger partial charge on any atom is 0.271 e. The molecule has 0 aromatic heterocycles. The zero-order valence-electron chi connectivity index (χ0n) is 14.3. The van der Waals surface area contributed by atoms with Crippen molar-refractivity contribution in [1.29, 1.82) is 5.26 Å². The molecule has 0 bridgehead atoms. The summed E-state index contributed by atoms with van der Waals surface area (Å²) in [5.41, 5.74) is 0.448. The minimum atomic E-state index is -0.747. The van der Waals surface area contributed by atoms with Crippen LogP contribution in [0.4, 0.5) is 11.4 Å². The lowest BCUT2D eigenvalue weighted by molar-refractivity contribution is -0.384. The number of nitriles is 1. The lowest BCUT2D eigenvalue weighted by Gasteiger charge is -2.07. The summed E-state index contributed by atoms with van der Waals surface area (Å²) in [4.78, 5) is 22.5. The first-order valence-corrected chi connectivity index (χ1v) is 8.33. The zero-order valence-corrected chi connectivity index (χ0v) is 15.0. The van der Waals surface area contributed by atoms with Crippen LogP contribution in [0, 0.1) is 21.4 Å². The van der Waals surface area contributed by atoms with Crippen LogP contribution in [0.5, 0.6) is 11.5 Å². The number of nitrogens with zero attached hydrogens (tertiary/aromatic N) is 2. The van der Waals surface area contributed by atoms with E-state index in [1.807, 2.05) is 6.07 Å². The van der Waals surface area contributed by atoms with Gasteiger partial charge in [0, 0.05) is 24.9 Å². The number of anilines is 1. The average Bonchev–Trinajstić information content (AvgIpc) is 3.14. The van der Waals surface area contributed by atoms with Gasteiger partial charge in [0.15, 0.2) is 11.5 Å². The largest absolute Gasteiger partial charge is 0.454 e. The number of ether oxygens (including phenoxy) is 2. The number of nitro benzene ring substituents is 1. The average molecular weight is 401 g/mol. The molecule has 0 fully saturated rings. The molecule has 0 spiro atoms. The fourth-order valence-corrected chi connectivity index (χ4v) is 2.55. The van der Waals surface area contributed by atoms with Crippen molar-refractivity contribution in [3.63, 3.8) is 0 Å². The molecular formula is C18H13ClN4O5. The number of carbonyl (C=O) groups is 1. The number of halogens is 1. The number of carbonyl (C=O) groups excluding carboxylic acids is 1. The Bertz CT molecular complexity index is 1020. The molecule has 1 aliphatic rings. The Morgan fingerprint density at radius 1 is 1.29 bits per heavy atom. The van der Waals surface area contributed by atoms with Crippen LogP contribution < -0.4 is 20.1 Å². The quantitative estimate of drug-likeness (QED) is 0.330. The Hall–Kier alpha value is -3.77. The van der Waals surface area contributed by atoms with Crippen molar-refractivity contribution in [2.75, 3.05) is 12.1 Å². The van der Waals surface area contributed by atoms with E-state index in [-0.39, 0.29) is 28.8 Å². The first-order valence-electron chi connectivity index (χ1n) is 7.95. The summed E-state index contributed by atoms with van der Waals surface area (Å²) in [7, 11) is 0. The summed E-state index contributed by atoms with van der Waals surface area (Å²) in [6.07, 6.45) is 1.26. The highest BCUT2D eigenvalue weighted by Crippen LogP contribution is 2.32. The molecule has 2 aromatic carbocycles. The molecule has 0 radical (unpaired) electrons. The normalized spacial score (nSPS) is 12.2. The highest BCUT2D eigenvalue weighted by atomic mass is 35.5. The summed E-state index contributed by atoms with van der Waals surface area (Å²) in [5.74, 6) is 0.537. The van der Waals surface area contributed by atoms with E-state index >= 15 is 0 Å². The maximum absolute atomic E-state index is 12.3. The lowest BCUT2D eigenvalue weighted by Crippen LogP contribution is -2.17. The van der Waals surface area contributed by atoms with E-state index in [1.54, 1.807) is 18.2 Å². The number of rotatable bonds is 6. The van der Waals surface area contributed by atoms with Gasteiger partial charge in [-0.05, 0) is 23.8 Å². The number of fused-ring (bicyclic) bond motifs is 1. The molecule has 1 amide bonds. The van der Waals surface area contributed by atoms with Gasteiger partial charge in [0.2, 0.25) is 6.79 Å². The molecule has 9 nitrogen and oxygen atoms in total. The van der Waals surface area contributed by atoms with E-state index in [0.717, 1.165) is 11.6 Å². The SMILES string of the molecule is N#C/C(=C/NCc1ccc2c(c1)OCO2)C(=O)Nc1cc([N+](=O)[O-])ccc1Cl. The Kier molecular flexibility index (Phi) is 5.62. The number of benzene rings is 2. The molecule has 142 valence electrons. The predicted molar refractivity (Wildman–Crippen MR) is 99.8 cm³/mol. The minimum Gasteiger partial charge on any atom is -0.454 e. The minimum absolute atomic E-state index is 0.0396. The summed E-state index contributed by atoms with van der Waals surface area (Å²) in [6, 6.07) is 10.8. The van der Waals surface area contributed by atoms with Crippen molar-refractivity contribution < 1.29 is 19.2 Å². The van der Waals surface area contributed by atoms with Crippen LogP contribution in [0.25, 0.3) is 0 Å². The first-order chi connectivity index (χ1) is 13.5. The molecule has 3 rings (SSSR count). The Labute approximate surface area is 164 Å². The van der Waals surface area contributed by atoms with Crippen molar-refractivity contribution in [2.45, 2.75) is 6.54 Å². The van der Waals surface area contributed by atoms with Gasteiger partial charge in [-0.2, -0.15) is 5.26 Å². The second kappa shape index (κ2) is 8.28. The molecule has 2 aromatic rings.